The highest BCUT2D eigenvalue weighted by Crippen LogP contribution is 2.21. The number of aromatic nitrogens is 1. The number of aromatic amines is 1. The lowest BCUT2D eigenvalue weighted by Gasteiger charge is -2.34. The molecule has 0 aliphatic carbocycles. The van der Waals surface area contributed by atoms with Gasteiger partial charge in [-0.05, 0) is 158 Å². The fourth-order valence-electron chi connectivity index (χ4n) is 11.2. The summed E-state index contributed by atoms with van der Waals surface area (Å²) in [6.45, 7) is 28.4. The molecule has 0 spiro atoms. The fourth-order valence-corrected chi connectivity index (χ4v) is 11.2. The van der Waals surface area contributed by atoms with Crippen molar-refractivity contribution in [3.8, 4) is 0 Å². The second kappa shape index (κ2) is 43.3. The van der Waals surface area contributed by atoms with Crippen LogP contribution in [-0.4, -0.2) is 211 Å². The third-order valence-corrected chi connectivity index (χ3v) is 18.0. The van der Waals surface area contributed by atoms with Gasteiger partial charge in [-0.2, -0.15) is 0 Å². The molecule has 18 amide bonds. The summed E-state index contributed by atoms with van der Waals surface area (Å²) in [5, 5.41) is 48.8. The first-order valence-corrected chi connectivity index (χ1v) is 37.6. The molecule has 1 heterocycles. The Balaban J connectivity index is 2.20. The van der Waals surface area contributed by atoms with E-state index in [1.54, 1.807) is 33.9 Å². The summed E-state index contributed by atoms with van der Waals surface area (Å²) < 4.78 is 0. The molecule has 10 atom stereocenters. The number of benzene rings is 1. The minimum absolute atomic E-state index is 0.00739. The lowest BCUT2D eigenvalue weighted by molar-refractivity contribution is -0.140. The van der Waals surface area contributed by atoms with E-state index < -0.39 is 227 Å². The Morgan fingerprint density at radius 1 is 0.363 bits per heavy atom. The molecule has 0 saturated heterocycles. The molecule has 2 aromatic rings. The number of carbonyl (C=O) groups excluding carboxylic acids is 18. The van der Waals surface area contributed by atoms with Crippen molar-refractivity contribution in [2.24, 2.45) is 35.0 Å². The van der Waals surface area contributed by atoms with E-state index >= 15 is 0 Å². The van der Waals surface area contributed by atoms with Gasteiger partial charge in [0.2, 0.25) is 106 Å². The van der Waals surface area contributed by atoms with Gasteiger partial charge in [-0.25, -0.2) is 0 Å². The number of aliphatic hydroxyl groups excluding tert-OH is 1. The molecular weight excluding hydrogens is 1470 g/mol. The van der Waals surface area contributed by atoms with Crippen LogP contribution in [0.4, 0.5) is 0 Å². The maximum absolute atomic E-state index is 14.2. The van der Waals surface area contributed by atoms with Crippen LogP contribution in [0.25, 0.3) is 10.9 Å². The summed E-state index contributed by atoms with van der Waals surface area (Å²) in [6, 6.07) is -5.81. The van der Waals surface area contributed by atoms with Gasteiger partial charge in [0.05, 0.1) is 12.6 Å². The van der Waals surface area contributed by atoms with E-state index in [9.17, 15) is 91.4 Å². The molecule has 38 heteroatoms. The van der Waals surface area contributed by atoms with Crippen molar-refractivity contribution >= 4 is 117 Å². The van der Waals surface area contributed by atoms with Crippen LogP contribution in [0.1, 0.15) is 202 Å². The zero-order chi connectivity index (χ0) is 86.8. The minimum atomic E-state index is -1.91. The van der Waals surface area contributed by atoms with Crippen LogP contribution in [0, 0.1) is 17.8 Å². The SMILES string of the molecule is CC(=O)N[C@@H](Cc1c[nH]c2ccccc12)C(=O)N[C@@H](C)C(=O)NC(C)(C)C(=O)NC(C)(C)C(=O)N[C@@H](CC(C)C)C(=O)NC(C)(C)C(=O)N[C@@H](CCC(N)=O)C(=O)NC(C)(C)C(=O)N[C@@H](C)C(=O)N[C@@H](C)C(=O)N[C@@H](CCC(N)=O)C(=O)N[C@@H](CC(C)C)C(=O)NC(C)(C)C(=O)N[C@@H](CCC(N)=O)C(=O)N[C@H](CO)CC(C)C. The number of aliphatic hydroxyl groups is 1. The molecule has 38 nitrogen and oxygen atoms in total. The van der Waals surface area contributed by atoms with E-state index in [2.05, 4.69) is 84.7 Å². The average molecular weight is 1590 g/mol. The molecule has 1 aromatic carbocycles. The number of rotatable bonds is 47. The van der Waals surface area contributed by atoms with Gasteiger partial charge in [-0.3, -0.25) is 86.3 Å². The molecule has 0 bridgehead atoms. The van der Waals surface area contributed by atoms with E-state index in [0.717, 1.165) is 16.5 Å². The summed E-state index contributed by atoms with van der Waals surface area (Å²) in [5.41, 5.74) is 8.67. The molecule has 0 aliphatic rings. The van der Waals surface area contributed by atoms with E-state index in [0.29, 0.717) is 6.42 Å². The second-order valence-corrected chi connectivity index (χ2v) is 32.5. The summed E-state index contributed by atoms with van der Waals surface area (Å²) in [5.74, 6) is -16.0. The Kier molecular flexibility index (Phi) is 37.6. The largest absolute Gasteiger partial charge is 0.394 e. The number of carbonyl (C=O) groups is 18. The number of nitrogens with two attached hydrogens (primary N) is 3. The first-order valence-electron chi connectivity index (χ1n) is 37.6. The van der Waals surface area contributed by atoms with Crippen LogP contribution < -0.4 is 97.0 Å². The maximum atomic E-state index is 14.2. The molecule has 632 valence electrons. The number of hydrogen-bond acceptors (Lipinski definition) is 19. The van der Waals surface area contributed by atoms with E-state index in [1.807, 2.05) is 38.1 Å². The molecule has 0 radical (unpaired) electrons. The number of amides is 18. The summed E-state index contributed by atoms with van der Waals surface area (Å²) in [7, 11) is 0. The van der Waals surface area contributed by atoms with Crippen LogP contribution in [-0.2, 0) is 92.7 Å². The monoisotopic (exact) mass is 1590 g/mol. The number of fused-ring (bicyclic) bond motifs is 1. The van der Waals surface area contributed by atoms with Crippen LogP contribution in [0.5, 0.6) is 0 Å². The predicted octanol–water partition coefficient (Wildman–Crippen LogP) is -2.96. The molecule has 2 rings (SSSR count). The third kappa shape index (κ3) is 33.2. The molecule has 113 heavy (non-hydrogen) atoms. The van der Waals surface area contributed by atoms with Crippen molar-refractivity contribution in [2.75, 3.05) is 6.61 Å². The van der Waals surface area contributed by atoms with E-state index in [-0.39, 0.29) is 49.9 Å². The van der Waals surface area contributed by atoms with Gasteiger partial charge in [0.25, 0.3) is 0 Å². The van der Waals surface area contributed by atoms with Gasteiger partial charge in [0.15, 0.2) is 0 Å². The zero-order valence-electron chi connectivity index (χ0n) is 68.7. The first kappa shape index (κ1) is 98.3. The van der Waals surface area contributed by atoms with Crippen LogP contribution in [0.15, 0.2) is 30.5 Å². The van der Waals surface area contributed by atoms with Gasteiger partial charge < -0.3 is 107 Å². The normalized spacial score (nSPS) is 14.5. The Bertz CT molecular complexity index is 3790. The van der Waals surface area contributed by atoms with Gasteiger partial charge in [0, 0.05) is 49.7 Å². The first-order chi connectivity index (χ1) is 51.9. The van der Waals surface area contributed by atoms with Crippen molar-refractivity contribution < 1.29 is 91.4 Å². The standard InChI is InChI=1S/C75H123N19O19/c1-37(2)31-45(36-95)84-60(103)49(26-29-55(77)98)87-67(110)72(13,14)92-64(107)51(32-38(3)4)86-61(104)48(25-28-54(76)97)85-58(101)40(7)80-57(100)41(8)82-66(109)71(11,12)91-63(106)50(27-30-56(78)99)88-68(111)73(15,16)93-65(108)52(33-39(5)6)89-69(112)74(17,18)94-70(113)75(19,20)90-59(102)42(9)81-62(105)53(83-43(10)96)34-44-35-79-47-24-22-21-23-46(44)47/h21-24,35,37-42,45,48-53,79,95H,25-34,36H2,1-20H3,(H2,76,97)(H2,77,98)(H2,78,99)(H,80,100)(H,81,105)(H,82,109)(H,83,96)(H,84,103)(H,85,101)(H,86,104)(H,87,110)(H,88,111)(H,89,112)(H,90,102)(H,91,106)(H,92,107)(H,93,108)(H,94,113)/t40-,41-,42-,45-,48-,49-,50-,51-,52-,53-/m0/s1. The number of para-hydroxylation sites is 1. The summed E-state index contributed by atoms with van der Waals surface area (Å²) in [6.07, 6.45) is -0.143. The molecule has 0 unspecified atom stereocenters. The molecule has 1 aromatic heterocycles. The molecule has 0 fully saturated rings. The maximum Gasteiger partial charge on any atom is 0.246 e. The van der Waals surface area contributed by atoms with Crippen molar-refractivity contribution in [1.82, 2.24) is 84.7 Å². The molecule has 23 N–H and O–H groups in total. The second-order valence-electron chi connectivity index (χ2n) is 32.5. The van der Waals surface area contributed by atoms with Crippen LogP contribution in [0.3, 0.4) is 0 Å². The van der Waals surface area contributed by atoms with Crippen molar-refractivity contribution in [2.45, 2.75) is 291 Å². The molecular formula is C75H123N19O19. The highest BCUT2D eigenvalue weighted by atomic mass is 16.3. The Hall–Kier alpha value is -10.8. The van der Waals surface area contributed by atoms with Gasteiger partial charge in [0.1, 0.15) is 82.1 Å². The van der Waals surface area contributed by atoms with Crippen molar-refractivity contribution in [3.63, 3.8) is 0 Å². The minimum Gasteiger partial charge on any atom is -0.394 e. The predicted molar refractivity (Wildman–Crippen MR) is 416 cm³/mol. The number of nitrogens with one attached hydrogen (secondary N) is 16. The van der Waals surface area contributed by atoms with Gasteiger partial charge in [-0.15, -0.1) is 0 Å². The molecule has 0 aliphatic heterocycles. The number of primary amides is 3. The topological polar surface area (TPSA) is 602 Å². The average Bonchev–Trinajstić information content (AvgIpc) is 1.52. The Labute approximate surface area is 659 Å². The third-order valence-electron chi connectivity index (χ3n) is 18.0. The number of hydrogen-bond donors (Lipinski definition) is 20. The highest BCUT2D eigenvalue weighted by Gasteiger charge is 2.43. The smallest absolute Gasteiger partial charge is 0.246 e. The van der Waals surface area contributed by atoms with Crippen LogP contribution in [0.2, 0.25) is 0 Å². The fraction of sp³-hybridized carbons (Fsp3) is 0.653. The zero-order valence-corrected chi connectivity index (χ0v) is 68.7. The quantitative estimate of drug-likeness (QED) is 0.0315. The summed E-state index contributed by atoms with van der Waals surface area (Å²) in [4.78, 5) is 245. The van der Waals surface area contributed by atoms with Crippen molar-refractivity contribution in [1.29, 1.82) is 0 Å². The Morgan fingerprint density at radius 2 is 0.690 bits per heavy atom. The van der Waals surface area contributed by atoms with Crippen molar-refractivity contribution in [3.05, 3.63) is 36.0 Å². The summed E-state index contributed by atoms with van der Waals surface area (Å²) >= 11 is 0. The van der Waals surface area contributed by atoms with E-state index in [4.69, 9.17) is 17.2 Å². The molecule has 0 saturated carbocycles. The van der Waals surface area contributed by atoms with E-state index in [1.165, 1.54) is 96.9 Å². The Morgan fingerprint density at radius 3 is 1.13 bits per heavy atom. The van der Waals surface area contributed by atoms with Gasteiger partial charge >= 0.3 is 0 Å². The van der Waals surface area contributed by atoms with Crippen LogP contribution >= 0.6 is 0 Å². The highest BCUT2D eigenvalue weighted by molar-refractivity contribution is 6.03. The number of H-pyrrole nitrogens is 1. The van der Waals surface area contributed by atoms with Gasteiger partial charge in [-0.1, -0.05) is 59.7 Å². The lowest BCUT2D eigenvalue weighted by Crippen LogP contribution is -2.66. The lowest BCUT2D eigenvalue weighted by atomic mass is 9.96.